The van der Waals surface area contributed by atoms with Crippen molar-refractivity contribution in [1.29, 1.82) is 0 Å². The van der Waals surface area contributed by atoms with E-state index in [1.807, 2.05) is 25.2 Å². The normalized spacial score (nSPS) is 24.4. The fraction of sp³-hybridized carbons (Fsp3) is 0.643. The lowest BCUT2D eigenvalue weighted by atomic mass is 9.86. The molecule has 0 saturated heterocycles. The standard InChI is InChI=1S/C14H23N3/c1-11-6-4-5-7-13(11)16-12-8-9-14(15-10-12)17(2)3/h8-11,13,16H,4-7H2,1-3H3. The minimum absolute atomic E-state index is 0.621. The maximum Gasteiger partial charge on any atom is 0.128 e. The summed E-state index contributed by atoms with van der Waals surface area (Å²) in [4.78, 5) is 6.45. The van der Waals surface area contributed by atoms with Crippen molar-refractivity contribution in [1.82, 2.24) is 4.98 Å². The third-order valence-electron chi connectivity index (χ3n) is 3.67. The van der Waals surface area contributed by atoms with Gasteiger partial charge in [0.05, 0.1) is 11.9 Å². The highest BCUT2D eigenvalue weighted by Gasteiger charge is 2.20. The van der Waals surface area contributed by atoms with Gasteiger partial charge < -0.3 is 10.2 Å². The molecule has 0 amide bonds. The van der Waals surface area contributed by atoms with Gasteiger partial charge in [0, 0.05) is 20.1 Å². The fourth-order valence-corrected chi connectivity index (χ4v) is 2.48. The van der Waals surface area contributed by atoms with Crippen LogP contribution < -0.4 is 10.2 Å². The summed E-state index contributed by atoms with van der Waals surface area (Å²) in [5.74, 6) is 1.78. The zero-order chi connectivity index (χ0) is 12.3. The molecule has 1 saturated carbocycles. The van der Waals surface area contributed by atoms with Gasteiger partial charge in [-0.3, -0.25) is 0 Å². The molecular formula is C14H23N3. The van der Waals surface area contributed by atoms with E-state index in [1.54, 1.807) is 0 Å². The van der Waals surface area contributed by atoms with Crippen LogP contribution >= 0.6 is 0 Å². The van der Waals surface area contributed by atoms with Gasteiger partial charge in [-0.05, 0) is 30.9 Å². The van der Waals surface area contributed by atoms with Gasteiger partial charge >= 0.3 is 0 Å². The second-order valence-corrected chi connectivity index (χ2v) is 5.31. The first-order valence-electron chi connectivity index (χ1n) is 6.57. The highest BCUT2D eigenvalue weighted by molar-refractivity contribution is 5.48. The van der Waals surface area contributed by atoms with Crippen LogP contribution in [-0.4, -0.2) is 25.1 Å². The molecule has 2 rings (SSSR count). The molecule has 1 aromatic rings. The molecule has 0 aliphatic heterocycles. The van der Waals surface area contributed by atoms with E-state index in [9.17, 15) is 0 Å². The van der Waals surface area contributed by atoms with E-state index in [1.165, 1.54) is 25.7 Å². The van der Waals surface area contributed by atoms with Gasteiger partial charge in [-0.25, -0.2) is 4.98 Å². The Morgan fingerprint density at radius 1 is 1.24 bits per heavy atom. The van der Waals surface area contributed by atoms with Crippen molar-refractivity contribution in [3.05, 3.63) is 18.3 Å². The smallest absolute Gasteiger partial charge is 0.128 e. The van der Waals surface area contributed by atoms with E-state index in [2.05, 4.69) is 29.4 Å². The van der Waals surface area contributed by atoms with Gasteiger partial charge in [0.15, 0.2) is 0 Å². The van der Waals surface area contributed by atoms with Gasteiger partial charge in [0.25, 0.3) is 0 Å². The Morgan fingerprint density at radius 2 is 2.00 bits per heavy atom. The van der Waals surface area contributed by atoms with Gasteiger partial charge in [0.1, 0.15) is 5.82 Å². The van der Waals surface area contributed by atoms with Crippen LogP contribution in [-0.2, 0) is 0 Å². The maximum atomic E-state index is 4.43. The van der Waals surface area contributed by atoms with Crippen molar-refractivity contribution in [3.63, 3.8) is 0 Å². The first-order chi connectivity index (χ1) is 8.16. The van der Waals surface area contributed by atoms with Gasteiger partial charge in [-0.1, -0.05) is 19.8 Å². The summed E-state index contributed by atoms with van der Waals surface area (Å²) in [6.45, 7) is 2.35. The third-order valence-corrected chi connectivity index (χ3v) is 3.67. The van der Waals surface area contributed by atoms with E-state index in [0.29, 0.717) is 6.04 Å². The second kappa shape index (κ2) is 5.39. The van der Waals surface area contributed by atoms with Crippen molar-refractivity contribution >= 4 is 11.5 Å². The molecule has 94 valence electrons. The molecule has 1 N–H and O–H groups in total. The Balaban J connectivity index is 1.98. The van der Waals surface area contributed by atoms with Crippen LogP contribution in [0.4, 0.5) is 11.5 Å². The minimum atomic E-state index is 0.621. The van der Waals surface area contributed by atoms with Crippen molar-refractivity contribution < 1.29 is 0 Å². The topological polar surface area (TPSA) is 28.2 Å². The number of aromatic nitrogens is 1. The summed E-state index contributed by atoms with van der Waals surface area (Å²) < 4.78 is 0. The zero-order valence-corrected chi connectivity index (χ0v) is 11.1. The molecule has 0 spiro atoms. The van der Waals surface area contributed by atoms with Crippen LogP contribution in [0.1, 0.15) is 32.6 Å². The zero-order valence-electron chi connectivity index (χ0n) is 11.1. The molecule has 17 heavy (non-hydrogen) atoms. The lowest BCUT2D eigenvalue weighted by Gasteiger charge is -2.30. The van der Waals surface area contributed by atoms with Crippen LogP contribution in [0.3, 0.4) is 0 Å². The van der Waals surface area contributed by atoms with Crippen molar-refractivity contribution in [3.8, 4) is 0 Å². The van der Waals surface area contributed by atoms with Gasteiger partial charge in [-0.15, -0.1) is 0 Å². The number of pyridine rings is 1. The highest BCUT2D eigenvalue weighted by Crippen LogP contribution is 2.26. The molecular weight excluding hydrogens is 210 g/mol. The predicted molar refractivity (Wildman–Crippen MR) is 73.6 cm³/mol. The van der Waals surface area contributed by atoms with E-state index in [4.69, 9.17) is 0 Å². The average molecular weight is 233 g/mol. The quantitative estimate of drug-likeness (QED) is 0.869. The summed E-state index contributed by atoms with van der Waals surface area (Å²) in [5.41, 5.74) is 1.15. The molecule has 1 aliphatic rings. The Labute approximate surface area is 104 Å². The van der Waals surface area contributed by atoms with E-state index >= 15 is 0 Å². The van der Waals surface area contributed by atoms with E-state index in [0.717, 1.165) is 17.4 Å². The Bertz CT molecular complexity index is 345. The molecule has 0 aromatic carbocycles. The van der Waals surface area contributed by atoms with Crippen molar-refractivity contribution in [2.24, 2.45) is 5.92 Å². The van der Waals surface area contributed by atoms with Crippen LogP contribution in [0.5, 0.6) is 0 Å². The Hall–Kier alpha value is -1.25. The largest absolute Gasteiger partial charge is 0.381 e. The third kappa shape index (κ3) is 3.11. The predicted octanol–water partition coefficient (Wildman–Crippen LogP) is 3.14. The number of nitrogens with zero attached hydrogens (tertiary/aromatic N) is 2. The van der Waals surface area contributed by atoms with Gasteiger partial charge in [-0.2, -0.15) is 0 Å². The lowest BCUT2D eigenvalue weighted by molar-refractivity contribution is 0.349. The summed E-state index contributed by atoms with van der Waals surface area (Å²) in [7, 11) is 4.03. The lowest BCUT2D eigenvalue weighted by Crippen LogP contribution is -2.30. The molecule has 0 bridgehead atoms. The number of hydrogen-bond donors (Lipinski definition) is 1. The second-order valence-electron chi connectivity index (χ2n) is 5.31. The average Bonchev–Trinajstić information content (AvgIpc) is 2.33. The molecule has 2 atom stereocenters. The SMILES string of the molecule is CC1CCCCC1Nc1ccc(N(C)C)nc1. The minimum Gasteiger partial charge on any atom is -0.381 e. The first-order valence-corrected chi connectivity index (χ1v) is 6.57. The molecule has 1 aromatic heterocycles. The van der Waals surface area contributed by atoms with Crippen LogP contribution in [0.25, 0.3) is 0 Å². The fourth-order valence-electron chi connectivity index (χ4n) is 2.48. The molecule has 1 aliphatic carbocycles. The monoisotopic (exact) mass is 233 g/mol. The van der Waals surface area contributed by atoms with Crippen LogP contribution in [0.15, 0.2) is 18.3 Å². The highest BCUT2D eigenvalue weighted by atomic mass is 15.1. The van der Waals surface area contributed by atoms with E-state index in [-0.39, 0.29) is 0 Å². The summed E-state index contributed by atoms with van der Waals surface area (Å²) in [5, 5.41) is 3.62. The van der Waals surface area contributed by atoms with Gasteiger partial charge in [0.2, 0.25) is 0 Å². The number of nitrogens with one attached hydrogen (secondary N) is 1. The summed E-state index contributed by atoms with van der Waals surface area (Å²) in [6.07, 6.45) is 7.32. The molecule has 0 radical (unpaired) electrons. The van der Waals surface area contributed by atoms with Crippen LogP contribution in [0.2, 0.25) is 0 Å². The number of anilines is 2. The summed E-state index contributed by atoms with van der Waals surface area (Å²) in [6, 6.07) is 4.82. The van der Waals surface area contributed by atoms with E-state index < -0.39 is 0 Å². The van der Waals surface area contributed by atoms with Crippen molar-refractivity contribution in [2.45, 2.75) is 38.6 Å². The Morgan fingerprint density at radius 3 is 2.59 bits per heavy atom. The van der Waals surface area contributed by atoms with Crippen molar-refractivity contribution in [2.75, 3.05) is 24.3 Å². The van der Waals surface area contributed by atoms with Crippen LogP contribution in [0, 0.1) is 5.92 Å². The number of hydrogen-bond acceptors (Lipinski definition) is 3. The maximum absolute atomic E-state index is 4.43. The molecule has 2 unspecified atom stereocenters. The summed E-state index contributed by atoms with van der Waals surface area (Å²) >= 11 is 0. The molecule has 3 heteroatoms. The Kier molecular flexibility index (Phi) is 3.87. The molecule has 3 nitrogen and oxygen atoms in total. The number of rotatable bonds is 3. The molecule has 1 fully saturated rings. The molecule has 1 heterocycles. The first kappa shape index (κ1) is 12.2.